The molecular formula is C18H19ClN2O3. The normalized spacial score (nSPS) is 10.1. The minimum absolute atomic E-state index is 0.119. The quantitative estimate of drug-likeness (QED) is 0.809. The molecule has 126 valence electrons. The molecule has 0 fully saturated rings. The Morgan fingerprint density at radius 2 is 1.92 bits per heavy atom. The Morgan fingerprint density at radius 1 is 1.12 bits per heavy atom. The van der Waals surface area contributed by atoms with Crippen molar-refractivity contribution in [3.05, 3.63) is 59.1 Å². The number of hydrogen-bond donors (Lipinski definition) is 2. The zero-order chi connectivity index (χ0) is 17.4. The van der Waals surface area contributed by atoms with Crippen LogP contribution in [0.5, 0.6) is 5.75 Å². The highest BCUT2D eigenvalue weighted by atomic mass is 35.5. The first-order valence-electron chi connectivity index (χ1n) is 7.55. The van der Waals surface area contributed by atoms with Crippen LogP contribution in [0.3, 0.4) is 0 Å². The summed E-state index contributed by atoms with van der Waals surface area (Å²) >= 11 is 5.92. The molecule has 0 unspecified atom stereocenters. The van der Waals surface area contributed by atoms with Crippen molar-refractivity contribution in [1.29, 1.82) is 0 Å². The highest BCUT2D eigenvalue weighted by Gasteiger charge is 2.07. The van der Waals surface area contributed by atoms with Crippen molar-refractivity contribution in [1.82, 2.24) is 5.32 Å². The van der Waals surface area contributed by atoms with E-state index in [0.717, 1.165) is 5.56 Å². The molecule has 5 nitrogen and oxygen atoms in total. The second-order valence-electron chi connectivity index (χ2n) is 5.20. The fourth-order valence-electron chi connectivity index (χ4n) is 2.12. The SMILES string of the molecule is CC(=O)Nc1ccccc1OCC(=O)NCCc1cccc(Cl)c1. The van der Waals surface area contributed by atoms with E-state index in [4.69, 9.17) is 16.3 Å². The number of nitrogens with one attached hydrogen (secondary N) is 2. The van der Waals surface area contributed by atoms with Gasteiger partial charge in [-0.25, -0.2) is 0 Å². The molecule has 0 spiro atoms. The molecule has 0 aliphatic rings. The third kappa shape index (κ3) is 5.93. The number of carbonyl (C=O) groups excluding carboxylic acids is 2. The molecule has 0 atom stereocenters. The molecule has 2 aromatic carbocycles. The van der Waals surface area contributed by atoms with Crippen LogP contribution in [0, 0.1) is 0 Å². The Labute approximate surface area is 146 Å². The lowest BCUT2D eigenvalue weighted by molar-refractivity contribution is -0.123. The molecule has 0 aliphatic heterocycles. The number of rotatable bonds is 7. The summed E-state index contributed by atoms with van der Waals surface area (Å²) in [5, 5.41) is 6.12. The number of para-hydroxylation sites is 2. The first-order valence-corrected chi connectivity index (χ1v) is 7.93. The zero-order valence-corrected chi connectivity index (χ0v) is 14.1. The van der Waals surface area contributed by atoms with Gasteiger partial charge in [-0.3, -0.25) is 9.59 Å². The molecule has 0 heterocycles. The van der Waals surface area contributed by atoms with Crippen molar-refractivity contribution in [2.45, 2.75) is 13.3 Å². The van der Waals surface area contributed by atoms with Gasteiger partial charge < -0.3 is 15.4 Å². The van der Waals surface area contributed by atoms with Crippen LogP contribution in [0.2, 0.25) is 5.02 Å². The lowest BCUT2D eigenvalue weighted by Gasteiger charge is -2.11. The van der Waals surface area contributed by atoms with Crippen molar-refractivity contribution in [2.24, 2.45) is 0 Å². The van der Waals surface area contributed by atoms with Gasteiger partial charge in [0.25, 0.3) is 5.91 Å². The monoisotopic (exact) mass is 346 g/mol. The molecule has 0 aliphatic carbocycles. The highest BCUT2D eigenvalue weighted by Crippen LogP contribution is 2.23. The molecule has 24 heavy (non-hydrogen) atoms. The minimum atomic E-state index is -0.227. The van der Waals surface area contributed by atoms with E-state index in [1.807, 2.05) is 24.3 Å². The van der Waals surface area contributed by atoms with Gasteiger partial charge in [-0.15, -0.1) is 0 Å². The Morgan fingerprint density at radius 3 is 2.67 bits per heavy atom. The van der Waals surface area contributed by atoms with Crippen LogP contribution >= 0.6 is 11.6 Å². The Kier molecular flexibility index (Phi) is 6.63. The van der Waals surface area contributed by atoms with Gasteiger partial charge in [-0.2, -0.15) is 0 Å². The lowest BCUT2D eigenvalue weighted by atomic mass is 10.1. The number of carbonyl (C=O) groups is 2. The van der Waals surface area contributed by atoms with Gasteiger partial charge in [0.2, 0.25) is 5.91 Å². The summed E-state index contributed by atoms with van der Waals surface area (Å²) < 4.78 is 5.47. The third-order valence-electron chi connectivity index (χ3n) is 3.18. The Hall–Kier alpha value is -2.53. The van der Waals surface area contributed by atoms with Gasteiger partial charge in [0.05, 0.1) is 5.69 Å². The van der Waals surface area contributed by atoms with Crippen LogP contribution < -0.4 is 15.4 Å². The molecule has 0 saturated heterocycles. The summed E-state index contributed by atoms with van der Waals surface area (Å²) in [5.74, 6) is 0.0318. The van der Waals surface area contributed by atoms with E-state index in [2.05, 4.69) is 10.6 Å². The molecule has 2 aromatic rings. The van der Waals surface area contributed by atoms with Crippen LogP contribution in [-0.2, 0) is 16.0 Å². The van der Waals surface area contributed by atoms with E-state index >= 15 is 0 Å². The van der Waals surface area contributed by atoms with Crippen LogP contribution in [0.25, 0.3) is 0 Å². The van der Waals surface area contributed by atoms with E-state index in [9.17, 15) is 9.59 Å². The van der Waals surface area contributed by atoms with Crippen molar-refractivity contribution < 1.29 is 14.3 Å². The number of ether oxygens (including phenoxy) is 1. The zero-order valence-electron chi connectivity index (χ0n) is 13.3. The Bertz CT molecular complexity index is 719. The average molecular weight is 347 g/mol. The minimum Gasteiger partial charge on any atom is -0.482 e. The fraction of sp³-hybridized carbons (Fsp3) is 0.222. The molecule has 0 bridgehead atoms. The van der Waals surface area contributed by atoms with E-state index in [1.165, 1.54) is 6.92 Å². The predicted octanol–water partition coefficient (Wildman–Crippen LogP) is 3.04. The van der Waals surface area contributed by atoms with E-state index in [-0.39, 0.29) is 18.4 Å². The van der Waals surface area contributed by atoms with Gasteiger partial charge in [-0.05, 0) is 36.2 Å². The maximum atomic E-state index is 11.9. The van der Waals surface area contributed by atoms with Gasteiger partial charge in [0.15, 0.2) is 6.61 Å². The molecule has 0 saturated carbocycles. The summed E-state index contributed by atoms with van der Waals surface area (Å²) in [5.41, 5.74) is 1.59. The smallest absolute Gasteiger partial charge is 0.257 e. The summed E-state index contributed by atoms with van der Waals surface area (Å²) in [6.07, 6.45) is 0.689. The van der Waals surface area contributed by atoms with Gasteiger partial charge >= 0.3 is 0 Å². The molecule has 2 amide bonds. The second-order valence-corrected chi connectivity index (χ2v) is 5.63. The number of halogens is 1. The Balaban J connectivity index is 1.78. The van der Waals surface area contributed by atoms with Crippen molar-refractivity contribution >= 4 is 29.1 Å². The summed E-state index contributed by atoms with van der Waals surface area (Å²) in [4.78, 5) is 23.0. The number of hydrogen-bond acceptors (Lipinski definition) is 3. The molecule has 0 radical (unpaired) electrons. The molecule has 2 N–H and O–H groups in total. The standard InChI is InChI=1S/C18H19ClN2O3/c1-13(22)21-16-7-2-3-8-17(16)24-12-18(23)20-10-9-14-5-4-6-15(19)11-14/h2-8,11H,9-10,12H2,1H3,(H,20,23)(H,21,22). The van der Waals surface area contributed by atoms with E-state index < -0.39 is 0 Å². The first kappa shape index (κ1) is 17.8. The lowest BCUT2D eigenvalue weighted by Crippen LogP contribution is -2.30. The maximum absolute atomic E-state index is 11.9. The van der Waals surface area contributed by atoms with Gasteiger partial charge in [-0.1, -0.05) is 35.9 Å². The fourth-order valence-corrected chi connectivity index (χ4v) is 2.33. The van der Waals surface area contributed by atoms with Crippen LogP contribution in [0.1, 0.15) is 12.5 Å². The summed E-state index contributed by atoms with van der Waals surface area (Å²) in [6.45, 7) is 1.79. The molecule has 6 heteroatoms. The highest BCUT2D eigenvalue weighted by molar-refractivity contribution is 6.30. The number of anilines is 1. The van der Waals surface area contributed by atoms with Crippen LogP contribution in [0.4, 0.5) is 5.69 Å². The van der Waals surface area contributed by atoms with Crippen LogP contribution in [-0.4, -0.2) is 25.0 Å². The third-order valence-corrected chi connectivity index (χ3v) is 3.42. The molecule has 2 rings (SSSR count). The summed E-state index contributed by atoms with van der Waals surface area (Å²) in [6, 6.07) is 14.5. The predicted molar refractivity (Wildman–Crippen MR) is 94.4 cm³/mol. The van der Waals surface area contributed by atoms with E-state index in [0.29, 0.717) is 29.4 Å². The largest absolute Gasteiger partial charge is 0.482 e. The maximum Gasteiger partial charge on any atom is 0.257 e. The topological polar surface area (TPSA) is 67.4 Å². The van der Waals surface area contributed by atoms with Crippen molar-refractivity contribution in [3.8, 4) is 5.75 Å². The van der Waals surface area contributed by atoms with Gasteiger partial charge in [0.1, 0.15) is 5.75 Å². The second kappa shape index (κ2) is 8.93. The van der Waals surface area contributed by atoms with Gasteiger partial charge in [0, 0.05) is 18.5 Å². The molecule has 0 aromatic heterocycles. The van der Waals surface area contributed by atoms with Crippen molar-refractivity contribution in [2.75, 3.05) is 18.5 Å². The number of amides is 2. The average Bonchev–Trinajstić information content (AvgIpc) is 2.53. The van der Waals surface area contributed by atoms with E-state index in [1.54, 1.807) is 24.3 Å². The molecular weight excluding hydrogens is 328 g/mol. The number of benzene rings is 2. The summed E-state index contributed by atoms with van der Waals surface area (Å²) in [7, 11) is 0. The van der Waals surface area contributed by atoms with Crippen molar-refractivity contribution in [3.63, 3.8) is 0 Å². The first-order chi connectivity index (χ1) is 11.5. The van der Waals surface area contributed by atoms with Crippen LogP contribution in [0.15, 0.2) is 48.5 Å².